The van der Waals surface area contributed by atoms with E-state index in [1.54, 1.807) is 32.4 Å². The van der Waals surface area contributed by atoms with E-state index in [4.69, 9.17) is 0 Å². The Balaban J connectivity index is 2.53. The molecule has 5 heteroatoms. The molecule has 0 aliphatic carbocycles. The highest BCUT2D eigenvalue weighted by Crippen LogP contribution is 2.37. The number of nitrogens with zero attached hydrogens (tertiary/aromatic N) is 3. The molecule has 2 heterocycles. The molecular formula is C13H17N3OS. The summed E-state index contributed by atoms with van der Waals surface area (Å²) in [6.07, 6.45) is 4.98. The van der Waals surface area contributed by atoms with Crippen molar-refractivity contribution in [1.82, 2.24) is 15.0 Å². The van der Waals surface area contributed by atoms with Crippen LogP contribution in [0, 0.1) is 0 Å². The van der Waals surface area contributed by atoms with Crippen molar-refractivity contribution in [2.75, 3.05) is 0 Å². The SMILES string of the molecule is CC(C)c1nc(-c2cnccn2)sc1C(C)(C)O. The van der Waals surface area contributed by atoms with Gasteiger partial charge in [0.25, 0.3) is 0 Å². The Bertz CT molecular complexity index is 529. The van der Waals surface area contributed by atoms with Crippen LogP contribution in [0.5, 0.6) is 0 Å². The average molecular weight is 263 g/mol. The third-order valence-electron chi connectivity index (χ3n) is 2.54. The average Bonchev–Trinajstić information content (AvgIpc) is 2.74. The first-order valence-corrected chi connectivity index (χ1v) is 6.71. The molecule has 0 bridgehead atoms. The molecular weight excluding hydrogens is 246 g/mol. The van der Waals surface area contributed by atoms with Crippen molar-refractivity contribution in [3.63, 3.8) is 0 Å². The van der Waals surface area contributed by atoms with Crippen molar-refractivity contribution in [2.45, 2.75) is 39.2 Å². The monoisotopic (exact) mass is 263 g/mol. The zero-order chi connectivity index (χ0) is 13.3. The van der Waals surface area contributed by atoms with Crippen molar-refractivity contribution in [2.24, 2.45) is 0 Å². The van der Waals surface area contributed by atoms with E-state index in [1.807, 2.05) is 0 Å². The molecule has 2 rings (SSSR count). The minimum atomic E-state index is -0.877. The summed E-state index contributed by atoms with van der Waals surface area (Å²) in [5.74, 6) is 0.271. The van der Waals surface area contributed by atoms with Crippen LogP contribution < -0.4 is 0 Å². The lowest BCUT2D eigenvalue weighted by Gasteiger charge is -2.17. The molecule has 0 fully saturated rings. The van der Waals surface area contributed by atoms with Gasteiger partial charge in [-0.1, -0.05) is 13.8 Å². The molecule has 96 valence electrons. The summed E-state index contributed by atoms with van der Waals surface area (Å²) in [5, 5.41) is 11.0. The molecule has 0 radical (unpaired) electrons. The minimum Gasteiger partial charge on any atom is -0.385 e. The molecule has 4 nitrogen and oxygen atoms in total. The number of hydrogen-bond acceptors (Lipinski definition) is 5. The van der Waals surface area contributed by atoms with Crippen LogP contribution in [0.2, 0.25) is 0 Å². The van der Waals surface area contributed by atoms with Crippen LogP contribution in [0.3, 0.4) is 0 Å². The maximum Gasteiger partial charge on any atom is 0.144 e. The van der Waals surface area contributed by atoms with Crippen LogP contribution in [0.1, 0.15) is 44.2 Å². The van der Waals surface area contributed by atoms with Gasteiger partial charge in [0, 0.05) is 12.4 Å². The van der Waals surface area contributed by atoms with Gasteiger partial charge in [-0.15, -0.1) is 11.3 Å². The van der Waals surface area contributed by atoms with Crippen LogP contribution in [0.15, 0.2) is 18.6 Å². The van der Waals surface area contributed by atoms with Gasteiger partial charge in [-0.2, -0.15) is 0 Å². The van der Waals surface area contributed by atoms with Crippen LogP contribution in [0.4, 0.5) is 0 Å². The summed E-state index contributed by atoms with van der Waals surface area (Å²) in [4.78, 5) is 13.8. The summed E-state index contributed by atoms with van der Waals surface area (Å²) in [6, 6.07) is 0. The van der Waals surface area contributed by atoms with Gasteiger partial charge in [0.05, 0.1) is 22.4 Å². The lowest BCUT2D eigenvalue weighted by Crippen LogP contribution is -2.16. The van der Waals surface area contributed by atoms with Gasteiger partial charge in [0.2, 0.25) is 0 Å². The second-order valence-electron chi connectivity index (χ2n) is 5.04. The van der Waals surface area contributed by atoms with Crippen LogP contribution in [-0.4, -0.2) is 20.1 Å². The van der Waals surface area contributed by atoms with Gasteiger partial charge in [-0.25, -0.2) is 4.98 Å². The minimum absolute atomic E-state index is 0.271. The fourth-order valence-corrected chi connectivity index (χ4v) is 2.86. The first-order valence-electron chi connectivity index (χ1n) is 5.89. The largest absolute Gasteiger partial charge is 0.385 e. The fraction of sp³-hybridized carbons (Fsp3) is 0.462. The predicted octanol–water partition coefficient (Wildman–Crippen LogP) is 2.95. The molecule has 0 unspecified atom stereocenters. The third kappa shape index (κ3) is 2.57. The molecule has 0 aliphatic heterocycles. The molecule has 0 saturated carbocycles. The van der Waals surface area contributed by atoms with E-state index in [1.165, 1.54) is 11.3 Å². The Labute approximate surface area is 111 Å². The van der Waals surface area contributed by atoms with E-state index in [0.717, 1.165) is 21.3 Å². The summed E-state index contributed by atoms with van der Waals surface area (Å²) in [6.45, 7) is 7.72. The maximum absolute atomic E-state index is 10.2. The zero-order valence-electron chi connectivity index (χ0n) is 11.0. The Hall–Kier alpha value is -1.33. The number of thiazole rings is 1. The Morgan fingerprint density at radius 3 is 2.44 bits per heavy atom. The second-order valence-corrected chi connectivity index (χ2v) is 6.04. The van der Waals surface area contributed by atoms with Crippen molar-refractivity contribution in [1.29, 1.82) is 0 Å². The predicted molar refractivity (Wildman–Crippen MR) is 72.5 cm³/mol. The van der Waals surface area contributed by atoms with Gasteiger partial charge >= 0.3 is 0 Å². The van der Waals surface area contributed by atoms with E-state index >= 15 is 0 Å². The van der Waals surface area contributed by atoms with E-state index < -0.39 is 5.60 Å². The number of aromatic nitrogens is 3. The lowest BCUT2D eigenvalue weighted by molar-refractivity contribution is 0.0811. The molecule has 0 spiro atoms. The number of hydrogen-bond donors (Lipinski definition) is 1. The normalized spacial score (nSPS) is 12.1. The highest BCUT2D eigenvalue weighted by atomic mass is 32.1. The smallest absolute Gasteiger partial charge is 0.144 e. The first-order chi connectivity index (χ1) is 8.39. The maximum atomic E-state index is 10.2. The molecule has 0 amide bonds. The standard InChI is InChI=1S/C13H17N3OS/c1-8(2)10-11(13(3,4)17)18-12(16-10)9-7-14-5-6-15-9/h5-8,17H,1-4H3. The van der Waals surface area contributed by atoms with E-state index in [9.17, 15) is 5.11 Å². The quantitative estimate of drug-likeness (QED) is 0.925. The summed E-state index contributed by atoms with van der Waals surface area (Å²) in [5.41, 5.74) is 0.811. The fourth-order valence-electron chi connectivity index (χ4n) is 1.68. The molecule has 0 aromatic carbocycles. The Morgan fingerprint density at radius 1 is 1.28 bits per heavy atom. The van der Waals surface area contributed by atoms with Crippen LogP contribution in [0.25, 0.3) is 10.7 Å². The zero-order valence-corrected chi connectivity index (χ0v) is 11.8. The van der Waals surface area contributed by atoms with E-state index in [0.29, 0.717) is 0 Å². The van der Waals surface area contributed by atoms with Gasteiger partial charge in [-0.3, -0.25) is 9.97 Å². The van der Waals surface area contributed by atoms with E-state index in [-0.39, 0.29) is 5.92 Å². The van der Waals surface area contributed by atoms with Crippen LogP contribution in [-0.2, 0) is 5.60 Å². The molecule has 0 saturated heterocycles. The first kappa shape index (κ1) is 13.1. The van der Waals surface area contributed by atoms with Gasteiger partial charge in [0.15, 0.2) is 0 Å². The topological polar surface area (TPSA) is 58.9 Å². The Morgan fingerprint density at radius 2 is 2.00 bits per heavy atom. The molecule has 2 aromatic heterocycles. The van der Waals surface area contributed by atoms with Gasteiger partial charge in [-0.05, 0) is 19.8 Å². The van der Waals surface area contributed by atoms with Crippen molar-refractivity contribution >= 4 is 11.3 Å². The molecule has 0 atom stereocenters. The van der Waals surface area contributed by atoms with Crippen molar-refractivity contribution in [3.8, 4) is 10.7 Å². The summed E-state index contributed by atoms with van der Waals surface area (Å²) >= 11 is 1.48. The molecule has 18 heavy (non-hydrogen) atoms. The van der Waals surface area contributed by atoms with Crippen molar-refractivity contribution in [3.05, 3.63) is 29.2 Å². The van der Waals surface area contributed by atoms with Gasteiger partial charge < -0.3 is 5.11 Å². The van der Waals surface area contributed by atoms with E-state index in [2.05, 4.69) is 28.8 Å². The highest BCUT2D eigenvalue weighted by molar-refractivity contribution is 7.15. The van der Waals surface area contributed by atoms with Crippen LogP contribution >= 0.6 is 11.3 Å². The summed E-state index contributed by atoms with van der Waals surface area (Å²) in [7, 11) is 0. The molecule has 1 N–H and O–H groups in total. The van der Waals surface area contributed by atoms with Crippen molar-refractivity contribution < 1.29 is 5.11 Å². The molecule has 2 aromatic rings. The lowest BCUT2D eigenvalue weighted by atomic mass is 10.0. The molecule has 0 aliphatic rings. The summed E-state index contributed by atoms with van der Waals surface area (Å²) < 4.78 is 0. The number of rotatable bonds is 3. The third-order valence-corrected chi connectivity index (χ3v) is 3.94. The highest BCUT2D eigenvalue weighted by Gasteiger charge is 2.26. The Kier molecular flexibility index (Phi) is 3.45. The van der Waals surface area contributed by atoms with Gasteiger partial charge in [0.1, 0.15) is 10.7 Å². The number of aliphatic hydroxyl groups is 1. The second kappa shape index (κ2) is 4.74.